The third kappa shape index (κ3) is 6.31. The van der Waals surface area contributed by atoms with Crippen molar-refractivity contribution in [2.24, 2.45) is 0 Å². The SMILES string of the molecule is CCOc1cc(/C=C2\SC(=O)N(Cc3ccc(I)cc3)C2=O)cc(Br)c1OC(=O)c1ccc(Cl)cc1. The molecule has 0 radical (unpaired) electrons. The number of ether oxygens (including phenoxy) is 2. The van der Waals surface area contributed by atoms with Crippen molar-refractivity contribution in [1.82, 2.24) is 4.90 Å². The predicted octanol–water partition coefficient (Wildman–Crippen LogP) is 7.56. The van der Waals surface area contributed by atoms with Gasteiger partial charge in [0.05, 0.1) is 28.1 Å². The number of esters is 1. The van der Waals surface area contributed by atoms with E-state index in [1.807, 2.05) is 24.3 Å². The number of rotatable bonds is 7. The highest BCUT2D eigenvalue weighted by Crippen LogP contribution is 2.40. The van der Waals surface area contributed by atoms with E-state index in [1.165, 1.54) is 4.90 Å². The highest BCUT2D eigenvalue weighted by molar-refractivity contribution is 14.1. The molecule has 184 valence electrons. The summed E-state index contributed by atoms with van der Waals surface area (Å²) < 4.78 is 12.8. The number of benzene rings is 3. The molecule has 0 saturated carbocycles. The van der Waals surface area contributed by atoms with Crippen molar-refractivity contribution in [3.05, 3.63) is 95.3 Å². The van der Waals surface area contributed by atoms with Crippen molar-refractivity contribution in [3.63, 3.8) is 0 Å². The molecule has 0 N–H and O–H groups in total. The van der Waals surface area contributed by atoms with Crippen LogP contribution >= 0.6 is 61.9 Å². The van der Waals surface area contributed by atoms with Crippen LogP contribution in [0.3, 0.4) is 0 Å². The van der Waals surface area contributed by atoms with Gasteiger partial charge in [-0.25, -0.2) is 4.79 Å². The van der Waals surface area contributed by atoms with Crippen molar-refractivity contribution < 1.29 is 23.9 Å². The van der Waals surface area contributed by atoms with E-state index in [1.54, 1.807) is 49.4 Å². The summed E-state index contributed by atoms with van der Waals surface area (Å²) in [6, 6.07) is 17.3. The highest BCUT2D eigenvalue weighted by atomic mass is 127. The molecule has 3 aromatic carbocycles. The normalized spacial score (nSPS) is 14.4. The fourth-order valence-corrected chi connectivity index (χ4v) is 5.20. The van der Waals surface area contributed by atoms with E-state index in [9.17, 15) is 14.4 Å². The van der Waals surface area contributed by atoms with E-state index in [-0.39, 0.29) is 23.4 Å². The van der Waals surface area contributed by atoms with Crippen LogP contribution in [-0.2, 0) is 11.3 Å². The maximum atomic E-state index is 13.0. The van der Waals surface area contributed by atoms with Gasteiger partial charge in [0.1, 0.15) is 0 Å². The molecule has 1 heterocycles. The first-order valence-electron chi connectivity index (χ1n) is 10.7. The van der Waals surface area contributed by atoms with Gasteiger partial charge < -0.3 is 9.47 Å². The number of imide groups is 1. The average molecular weight is 699 g/mol. The minimum Gasteiger partial charge on any atom is -0.490 e. The summed E-state index contributed by atoms with van der Waals surface area (Å²) in [6.45, 7) is 2.33. The average Bonchev–Trinajstić information content (AvgIpc) is 3.10. The summed E-state index contributed by atoms with van der Waals surface area (Å²) in [5, 5.41) is 0.178. The molecule has 6 nitrogen and oxygen atoms in total. The number of thioether (sulfide) groups is 1. The minimum absolute atomic E-state index is 0.201. The molecule has 0 aliphatic carbocycles. The smallest absolute Gasteiger partial charge is 0.343 e. The van der Waals surface area contributed by atoms with Gasteiger partial charge in [-0.2, -0.15) is 0 Å². The maximum Gasteiger partial charge on any atom is 0.343 e. The van der Waals surface area contributed by atoms with Crippen LogP contribution in [0.15, 0.2) is 70.0 Å². The Bertz CT molecular complexity index is 1360. The number of hydrogen-bond donors (Lipinski definition) is 0. The van der Waals surface area contributed by atoms with Crippen LogP contribution < -0.4 is 9.47 Å². The lowest BCUT2D eigenvalue weighted by Gasteiger charge is -2.14. The molecule has 10 heteroatoms. The number of halogens is 3. The molecule has 0 bridgehead atoms. The number of carbonyl (C=O) groups excluding carboxylic acids is 3. The number of carbonyl (C=O) groups is 3. The molecule has 0 unspecified atom stereocenters. The summed E-state index contributed by atoms with van der Waals surface area (Å²) in [7, 11) is 0. The summed E-state index contributed by atoms with van der Waals surface area (Å²) in [4.78, 5) is 39.7. The third-order valence-electron chi connectivity index (χ3n) is 5.03. The second-order valence-electron chi connectivity index (χ2n) is 7.55. The van der Waals surface area contributed by atoms with E-state index in [2.05, 4.69) is 38.5 Å². The Morgan fingerprint density at radius 3 is 2.47 bits per heavy atom. The molecule has 1 fully saturated rings. The van der Waals surface area contributed by atoms with Gasteiger partial charge in [-0.1, -0.05) is 23.7 Å². The van der Waals surface area contributed by atoms with Gasteiger partial charge in [-0.15, -0.1) is 0 Å². The first-order chi connectivity index (χ1) is 17.2. The predicted molar refractivity (Wildman–Crippen MR) is 152 cm³/mol. The monoisotopic (exact) mass is 697 g/mol. The van der Waals surface area contributed by atoms with Gasteiger partial charge in [-0.05, 0) is 123 Å². The fraction of sp³-hybridized carbons (Fsp3) is 0.115. The Morgan fingerprint density at radius 1 is 1.11 bits per heavy atom. The van der Waals surface area contributed by atoms with Crippen molar-refractivity contribution in [2.45, 2.75) is 13.5 Å². The second-order valence-corrected chi connectivity index (χ2v) is 11.1. The van der Waals surface area contributed by atoms with Crippen molar-refractivity contribution in [1.29, 1.82) is 0 Å². The van der Waals surface area contributed by atoms with Crippen molar-refractivity contribution in [3.8, 4) is 11.5 Å². The lowest BCUT2D eigenvalue weighted by atomic mass is 10.1. The summed E-state index contributed by atoms with van der Waals surface area (Å²) in [5.74, 6) is -0.409. The van der Waals surface area contributed by atoms with Gasteiger partial charge in [-0.3, -0.25) is 14.5 Å². The molecule has 1 saturated heterocycles. The Labute approximate surface area is 239 Å². The van der Waals surface area contributed by atoms with E-state index in [0.717, 1.165) is 20.9 Å². The molecule has 4 rings (SSSR count). The molecular weight excluding hydrogens is 681 g/mol. The maximum absolute atomic E-state index is 13.0. The summed E-state index contributed by atoms with van der Waals surface area (Å²) in [6.07, 6.45) is 1.62. The largest absolute Gasteiger partial charge is 0.490 e. The first-order valence-corrected chi connectivity index (χ1v) is 13.8. The van der Waals surface area contributed by atoms with Crippen LogP contribution in [0.5, 0.6) is 11.5 Å². The van der Waals surface area contributed by atoms with Crippen LogP contribution in [0.2, 0.25) is 5.02 Å². The topological polar surface area (TPSA) is 72.9 Å². The van der Waals surface area contributed by atoms with Crippen LogP contribution in [-0.4, -0.2) is 28.6 Å². The Kier molecular flexibility index (Phi) is 8.76. The van der Waals surface area contributed by atoms with Gasteiger partial charge >= 0.3 is 5.97 Å². The van der Waals surface area contributed by atoms with Crippen molar-refractivity contribution >= 4 is 85.1 Å². The van der Waals surface area contributed by atoms with Gasteiger partial charge in [0.25, 0.3) is 11.1 Å². The molecule has 0 aromatic heterocycles. The van der Waals surface area contributed by atoms with Crippen LogP contribution in [0.4, 0.5) is 4.79 Å². The molecule has 3 aromatic rings. The number of hydrogen-bond acceptors (Lipinski definition) is 6. The quantitative estimate of drug-likeness (QED) is 0.110. The number of nitrogens with zero attached hydrogens (tertiary/aromatic N) is 1. The van der Waals surface area contributed by atoms with Gasteiger partial charge in [0, 0.05) is 8.59 Å². The molecule has 1 aliphatic heterocycles. The molecule has 0 spiro atoms. The van der Waals surface area contributed by atoms with E-state index >= 15 is 0 Å². The van der Waals surface area contributed by atoms with Crippen LogP contribution in [0.25, 0.3) is 6.08 Å². The van der Waals surface area contributed by atoms with E-state index < -0.39 is 5.97 Å². The summed E-state index contributed by atoms with van der Waals surface area (Å²) in [5.41, 5.74) is 1.81. The zero-order valence-corrected chi connectivity index (χ0v) is 24.1. The Balaban J connectivity index is 1.57. The second kappa shape index (κ2) is 11.8. The lowest BCUT2D eigenvalue weighted by Crippen LogP contribution is -2.27. The summed E-state index contributed by atoms with van der Waals surface area (Å²) >= 11 is 12.4. The first kappa shape index (κ1) is 26.7. The zero-order chi connectivity index (χ0) is 25.8. The number of amides is 2. The molecule has 36 heavy (non-hydrogen) atoms. The third-order valence-corrected chi connectivity index (χ3v) is 7.50. The molecule has 0 atom stereocenters. The molecule has 1 aliphatic rings. The van der Waals surface area contributed by atoms with Gasteiger partial charge in [0.2, 0.25) is 0 Å². The highest BCUT2D eigenvalue weighted by Gasteiger charge is 2.35. The minimum atomic E-state index is -0.571. The van der Waals surface area contributed by atoms with Crippen LogP contribution in [0, 0.1) is 3.57 Å². The van der Waals surface area contributed by atoms with E-state index in [4.69, 9.17) is 21.1 Å². The Hall–Kier alpha value is -2.34. The zero-order valence-electron chi connectivity index (χ0n) is 18.8. The Morgan fingerprint density at radius 2 is 1.81 bits per heavy atom. The van der Waals surface area contributed by atoms with Gasteiger partial charge in [0.15, 0.2) is 11.5 Å². The molecular formula is C26H18BrClINO5S. The fourth-order valence-electron chi connectivity index (χ4n) is 3.33. The molecule has 2 amide bonds. The van der Waals surface area contributed by atoms with Crippen molar-refractivity contribution in [2.75, 3.05) is 6.61 Å². The lowest BCUT2D eigenvalue weighted by molar-refractivity contribution is -0.123. The standard InChI is InChI=1S/C26H18BrClINO5S/c1-2-34-21-12-16(11-20(27)23(21)35-25(32)17-5-7-18(28)8-6-17)13-22-24(31)30(26(33)36-22)14-15-3-9-19(29)10-4-15/h3-13H,2,14H2,1H3/b22-13-. The van der Waals surface area contributed by atoms with Crippen LogP contribution in [0.1, 0.15) is 28.4 Å². The van der Waals surface area contributed by atoms with E-state index in [0.29, 0.717) is 37.9 Å².